The van der Waals surface area contributed by atoms with Gasteiger partial charge in [0.2, 0.25) is 0 Å². The van der Waals surface area contributed by atoms with Crippen molar-refractivity contribution in [3.8, 4) is 11.5 Å². The number of methoxy groups -OCH3 is 2. The van der Waals surface area contributed by atoms with Gasteiger partial charge in [0.25, 0.3) is 0 Å². The van der Waals surface area contributed by atoms with Crippen LogP contribution >= 0.6 is 20.0 Å². The van der Waals surface area contributed by atoms with Gasteiger partial charge < -0.3 is 29.7 Å². The number of nitrogens with zero attached hydrogens (tertiary/aromatic N) is 3. The second kappa shape index (κ2) is 17.6. The van der Waals surface area contributed by atoms with E-state index in [0.29, 0.717) is 17.9 Å². The molecule has 5 aromatic rings. The second-order valence-electron chi connectivity index (χ2n) is 14.4. The van der Waals surface area contributed by atoms with Gasteiger partial charge in [-0.05, 0) is 54.3 Å². The molecule has 13 nitrogen and oxygen atoms in total. The minimum Gasteiger partial charge on any atom is -0.497 e. The van der Waals surface area contributed by atoms with Crippen molar-refractivity contribution in [1.29, 1.82) is 0 Å². The van der Waals surface area contributed by atoms with Gasteiger partial charge in [-0.3, -0.25) is 9.36 Å². The Balaban J connectivity index is 1.30. The Bertz CT molecular complexity index is 2120. The van der Waals surface area contributed by atoms with Crippen molar-refractivity contribution >= 4 is 42.0 Å². The predicted octanol–water partition coefficient (Wildman–Crippen LogP) is 7.39. The number of rotatable bonds is 17. The van der Waals surface area contributed by atoms with Crippen LogP contribution in [0, 0.1) is 11.2 Å². The molecule has 0 saturated carbocycles. The Hall–Kier alpha value is -4.47. The van der Waals surface area contributed by atoms with Crippen molar-refractivity contribution in [1.82, 2.24) is 14.5 Å². The second-order valence-corrected chi connectivity index (χ2v) is 16.5. The monoisotopic (exact) mass is 821 g/mol. The molecule has 0 bridgehead atoms. The minimum atomic E-state index is -2.64. The Morgan fingerprint density at radius 2 is 1.58 bits per heavy atom. The quantitative estimate of drug-likeness (QED) is 0.0484. The fourth-order valence-electron chi connectivity index (χ4n) is 6.71. The fourth-order valence-corrected chi connectivity index (χ4v) is 8.31. The fraction of sp³-hybridized carbons (Fsp3) is 0.390. The Labute approximate surface area is 335 Å². The lowest BCUT2D eigenvalue weighted by atomic mass is 9.77. The molecule has 2 unspecified atom stereocenters. The normalized spacial score (nSPS) is 20.1. The lowest BCUT2D eigenvalue weighted by Gasteiger charge is -2.37. The summed E-state index contributed by atoms with van der Waals surface area (Å²) in [4.78, 5) is 21.3. The maximum Gasteiger partial charge on any atom is 0.697 e. The molecule has 1 aliphatic rings. The van der Waals surface area contributed by atoms with Gasteiger partial charge >= 0.3 is 8.25 Å². The van der Waals surface area contributed by atoms with Crippen LogP contribution in [-0.4, -0.2) is 80.9 Å². The molecule has 0 radical (unpaired) electrons. The van der Waals surface area contributed by atoms with Gasteiger partial charge in [0.05, 0.1) is 19.6 Å². The van der Waals surface area contributed by atoms with Gasteiger partial charge in [0.1, 0.15) is 60.2 Å². The molecule has 5 atom stereocenters. The smallest absolute Gasteiger partial charge is 0.497 e. The van der Waals surface area contributed by atoms with E-state index in [1.165, 1.54) is 17.8 Å². The summed E-state index contributed by atoms with van der Waals surface area (Å²) in [5.41, 5.74) is -1.14. The first-order valence-electron chi connectivity index (χ1n) is 18.4. The third-order valence-corrected chi connectivity index (χ3v) is 12.4. The number of nitrogens with one attached hydrogen (secondary N) is 1. The predicted molar refractivity (Wildman–Crippen MR) is 215 cm³/mol. The summed E-state index contributed by atoms with van der Waals surface area (Å²) in [6.45, 7) is 6.59. The number of carbonyl (C=O) groups is 1. The van der Waals surface area contributed by atoms with E-state index in [2.05, 4.69) is 15.3 Å². The first-order chi connectivity index (χ1) is 27.3. The molecule has 57 heavy (non-hydrogen) atoms. The molecule has 0 aliphatic carbocycles. The molecule has 6 rings (SSSR count). The molecular weight excluding hydrogens is 775 g/mol. The number of ether oxygens (including phenoxy) is 3. The Morgan fingerprint density at radius 3 is 2.16 bits per heavy atom. The number of halogens is 1. The van der Waals surface area contributed by atoms with E-state index >= 15 is 4.39 Å². The molecule has 16 heteroatoms. The molecule has 3 heterocycles. The number of carbonyl (C=O) groups excluding carboxylic acids is 1. The standard InChI is InChI=1S/C41H47FN4O9PS/c1-7-39(2,3)38(48)57-22-21-53-56(50)54-24-32-34(47)40(4,49)37(55-32)46-23-31(42)33-35(43-25-44-36(33)46)45-41(26-11-9-8-10-12-26,27-13-17-29(51-5)18-14-27)28-15-19-30(52-6)20-16-28/h8-20,23,25,32,34,37,47,49H,7,21-22,24H2,1-6H3,(H,43,44,45)/q+1/t32-,34+,37-,40?/m1/s1. The maximum atomic E-state index is 16.4. The number of hydrogen-bond donors (Lipinski definition) is 3. The van der Waals surface area contributed by atoms with Crippen molar-refractivity contribution < 1.29 is 47.2 Å². The van der Waals surface area contributed by atoms with Crippen molar-refractivity contribution in [3.63, 3.8) is 0 Å². The number of hydrogen-bond acceptors (Lipinski definition) is 13. The topological polar surface area (TPSA) is 163 Å². The molecule has 0 spiro atoms. The van der Waals surface area contributed by atoms with Gasteiger partial charge in [-0.15, -0.1) is 9.05 Å². The zero-order valence-electron chi connectivity index (χ0n) is 32.5. The van der Waals surface area contributed by atoms with E-state index < -0.39 is 55.7 Å². The highest BCUT2D eigenvalue weighted by molar-refractivity contribution is 8.13. The lowest BCUT2D eigenvalue weighted by molar-refractivity contribution is -0.118. The zero-order chi connectivity index (χ0) is 41.0. The number of thioether (sulfide) groups is 1. The molecule has 1 saturated heterocycles. The minimum absolute atomic E-state index is 0.00331. The summed E-state index contributed by atoms with van der Waals surface area (Å²) in [5.74, 6) is 0.996. The molecule has 3 aromatic carbocycles. The lowest BCUT2D eigenvalue weighted by Crippen LogP contribution is -2.44. The first kappa shape index (κ1) is 42.1. The number of aliphatic hydroxyl groups is 2. The molecule has 1 aliphatic heterocycles. The highest BCUT2D eigenvalue weighted by atomic mass is 32.2. The van der Waals surface area contributed by atoms with E-state index in [9.17, 15) is 19.6 Å². The van der Waals surface area contributed by atoms with Crippen LogP contribution in [0.2, 0.25) is 0 Å². The maximum absolute atomic E-state index is 16.4. The SMILES string of the molecule is CCC(C)(C)C(=O)SCCO[P+](=O)OC[C@H]1O[C@@H](n2cc(F)c3c(NC(c4ccccc4)(c4ccc(OC)cc4)c4ccc(OC)cc4)ncnc32)C(C)(O)[C@H]1O. The van der Waals surface area contributed by atoms with Crippen molar-refractivity contribution in [3.05, 3.63) is 114 Å². The van der Waals surface area contributed by atoms with Crippen LogP contribution in [0.5, 0.6) is 11.5 Å². The number of aliphatic hydroxyl groups excluding tert-OH is 1. The molecule has 3 N–H and O–H groups in total. The van der Waals surface area contributed by atoms with Crippen LogP contribution in [0.15, 0.2) is 91.4 Å². The van der Waals surface area contributed by atoms with Crippen LogP contribution in [0.25, 0.3) is 11.0 Å². The largest absolute Gasteiger partial charge is 0.697 e. The van der Waals surface area contributed by atoms with Gasteiger partial charge in [0.15, 0.2) is 22.8 Å². The Kier molecular flexibility index (Phi) is 13.0. The highest BCUT2D eigenvalue weighted by Crippen LogP contribution is 2.45. The van der Waals surface area contributed by atoms with Crippen LogP contribution in [0.3, 0.4) is 0 Å². The first-order valence-corrected chi connectivity index (χ1v) is 20.4. The molecular formula is C41H47FN4O9PS+. The van der Waals surface area contributed by atoms with Gasteiger partial charge in [-0.2, -0.15) is 0 Å². The van der Waals surface area contributed by atoms with E-state index in [0.717, 1.165) is 34.6 Å². The van der Waals surface area contributed by atoms with Crippen molar-refractivity contribution in [2.75, 3.05) is 38.5 Å². The summed E-state index contributed by atoms with van der Waals surface area (Å²) < 4.78 is 57.9. The third kappa shape index (κ3) is 8.56. The van der Waals surface area contributed by atoms with E-state index in [1.807, 2.05) is 99.6 Å². The summed E-state index contributed by atoms with van der Waals surface area (Å²) in [7, 11) is 0.533. The van der Waals surface area contributed by atoms with Crippen LogP contribution in [0.1, 0.15) is 57.0 Å². The summed E-state index contributed by atoms with van der Waals surface area (Å²) in [6, 6.07) is 24.7. The average Bonchev–Trinajstić information content (AvgIpc) is 3.68. The number of anilines is 1. The average molecular weight is 822 g/mol. The summed E-state index contributed by atoms with van der Waals surface area (Å²) in [6.07, 6.45) is -0.966. The number of fused-ring (bicyclic) bond motifs is 1. The molecule has 302 valence electrons. The van der Waals surface area contributed by atoms with Crippen molar-refractivity contribution in [2.45, 2.75) is 63.7 Å². The molecule has 2 aromatic heterocycles. The van der Waals surface area contributed by atoms with Crippen molar-refractivity contribution in [2.24, 2.45) is 5.41 Å². The zero-order valence-corrected chi connectivity index (χ0v) is 34.3. The summed E-state index contributed by atoms with van der Waals surface area (Å²) in [5, 5.41) is 26.4. The summed E-state index contributed by atoms with van der Waals surface area (Å²) >= 11 is 1.09. The third-order valence-electron chi connectivity index (χ3n) is 10.4. The van der Waals surface area contributed by atoms with Crippen LogP contribution in [0.4, 0.5) is 10.2 Å². The van der Waals surface area contributed by atoms with E-state index in [-0.39, 0.29) is 34.3 Å². The molecule has 1 fully saturated rings. The van der Waals surface area contributed by atoms with Crippen LogP contribution in [-0.2, 0) is 28.7 Å². The van der Waals surface area contributed by atoms with E-state index in [4.69, 9.17) is 23.3 Å². The van der Waals surface area contributed by atoms with Gasteiger partial charge in [-0.25, -0.2) is 14.4 Å². The van der Waals surface area contributed by atoms with Gasteiger partial charge in [-0.1, -0.05) is 87.1 Å². The number of aromatic nitrogens is 3. The highest BCUT2D eigenvalue weighted by Gasteiger charge is 2.54. The molecule has 0 amide bonds. The van der Waals surface area contributed by atoms with E-state index in [1.54, 1.807) is 14.2 Å². The van der Waals surface area contributed by atoms with Gasteiger partial charge in [0, 0.05) is 21.9 Å². The van der Waals surface area contributed by atoms with Crippen LogP contribution < -0.4 is 14.8 Å². The Morgan fingerprint density at radius 1 is 0.982 bits per heavy atom. The number of benzene rings is 3.